The Morgan fingerprint density at radius 3 is 2.40 bits per heavy atom. The molecule has 0 aliphatic heterocycles. The molecule has 0 aliphatic carbocycles. The number of aryl methyl sites for hydroxylation is 2. The van der Waals surface area contributed by atoms with Gasteiger partial charge in [-0.1, -0.05) is 44.5 Å². The number of hydrogen-bond donors (Lipinski definition) is 2. The van der Waals surface area contributed by atoms with Crippen molar-refractivity contribution in [1.82, 2.24) is 15.6 Å². The van der Waals surface area contributed by atoms with Crippen molar-refractivity contribution in [1.29, 1.82) is 0 Å². The molecule has 0 amide bonds. The Morgan fingerprint density at radius 2 is 1.84 bits per heavy atom. The molecule has 2 N–H and O–H groups in total. The maximum atomic E-state index is 5.78. The first-order valence-electron chi connectivity index (χ1n) is 8.25. The molecular weight excluding hydrogens is 427 g/mol. The highest BCUT2D eigenvalue weighted by Crippen LogP contribution is 2.22. The van der Waals surface area contributed by atoms with Crippen LogP contribution in [0.4, 0.5) is 0 Å². The van der Waals surface area contributed by atoms with E-state index in [0.717, 1.165) is 18.3 Å². The van der Waals surface area contributed by atoms with E-state index in [9.17, 15) is 0 Å². The Morgan fingerprint density at radius 1 is 1.16 bits per heavy atom. The lowest BCUT2D eigenvalue weighted by Crippen LogP contribution is -2.36. The van der Waals surface area contributed by atoms with E-state index in [4.69, 9.17) is 4.42 Å². The Bertz CT molecular complexity index is 716. The van der Waals surface area contributed by atoms with E-state index in [1.54, 1.807) is 13.2 Å². The summed E-state index contributed by atoms with van der Waals surface area (Å²) in [6.45, 7) is 11.8. The summed E-state index contributed by atoms with van der Waals surface area (Å²) >= 11 is 0. The van der Waals surface area contributed by atoms with Gasteiger partial charge in [0.25, 0.3) is 0 Å². The predicted molar refractivity (Wildman–Crippen MR) is 114 cm³/mol. The Kier molecular flexibility index (Phi) is 7.92. The summed E-state index contributed by atoms with van der Waals surface area (Å²) in [4.78, 5) is 8.57. The predicted octanol–water partition coefficient (Wildman–Crippen LogP) is 4.07. The number of hydrogen-bond acceptors (Lipinski definition) is 3. The lowest BCUT2D eigenvalue weighted by molar-refractivity contribution is 0.379. The van der Waals surface area contributed by atoms with Gasteiger partial charge in [0.05, 0.1) is 12.7 Å². The zero-order valence-electron chi connectivity index (χ0n) is 15.9. The number of rotatable bonds is 4. The van der Waals surface area contributed by atoms with Crippen LogP contribution >= 0.6 is 24.0 Å². The molecule has 1 aromatic carbocycles. The first-order valence-corrected chi connectivity index (χ1v) is 8.25. The second kappa shape index (κ2) is 9.22. The summed E-state index contributed by atoms with van der Waals surface area (Å²) in [5.74, 6) is 2.28. The molecule has 0 bridgehead atoms. The third-order valence-electron chi connectivity index (χ3n) is 3.87. The van der Waals surface area contributed by atoms with Crippen molar-refractivity contribution in [3.63, 3.8) is 0 Å². The van der Waals surface area contributed by atoms with Gasteiger partial charge in [0, 0.05) is 19.0 Å². The van der Waals surface area contributed by atoms with Gasteiger partial charge in [0.2, 0.25) is 5.89 Å². The lowest BCUT2D eigenvalue weighted by Gasteiger charge is -2.14. The van der Waals surface area contributed by atoms with Crippen LogP contribution in [0.25, 0.3) is 0 Å². The van der Waals surface area contributed by atoms with Crippen LogP contribution in [-0.4, -0.2) is 18.0 Å². The van der Waals surface area contributed by atoms with Crippen LogP contribution < -0.4 is 10.6 Å². The summed E-state index contributed by atoms with van der Waals surface area (Å²) < 4.78 is 5.78. The SMILES string of the molecule is CN=C(NCc1ncc(C(C)(C)C)o1)NCc1ccc(C)cc1C.I. The van der Waals surface area contributed by atoms with E-state index in [-0.39, 0.29) is 29.4 Å². The van der Waals surface area contributed by atoms with Crippen LogP contribution in [0.5, 0.6) is 0 Å². The van der Waals surface area contributed by atoms with Crippen LogP contribution in [0.1, 0.15) is 49.1 Å². The highest BCUT2D eigenvalue weighted by molar-refractivity contribution is 14.0. The third kappa shape index (κ3) is 6.34. The fraction of sp³-hybridized carbons (Fsp3) is 0.474. The number of aliphatic imine (C=N–C) groups is 1. The van der Waals surface area contributed by atoms with Gasteiger partial charge in [-0.2, -0.15) is 0 Å². The second-order valence-corrected chi connectivity index (χ2v) is 7.08. The molecule has 0 fully saturated rings. The van der Waals surface area contributed by atoms with Gasteiger partial charge in [0.1, 0.15) is 5.76 Å². The van der Waals surface area contributed by atoms with Gasteiger partial charge in [-0.15, -0.1) is 24.0 Å². The molecule has 2 aromatic rings. The van der Waals surface area contributed by atoms with Crippen LogP contribution in [0, 0.1) is 13.8 Å². The van der Waals surface area contributed by atoms with E-state index in [1.165, 1.54) is 16.7 Å². The van der Waals surface area contributed by atoms with E-state index in [0.29, 0.717) is 12.4 Å². The maximum absolute atomic E-state index is 5.78. The Hall–Kier alpha value is -1.57. The van der Waals surface area contributed by atoms with Gasteiger partial charge in [-0.3, -0.25) is 4.99 Å². The quantitative estimate of drug-likeness (QED) is 0.414. The average Bonchev–Trinajstić information content (AvgIpc) is 2.98. The van der Waals surface area contributed by atoms with Gasteiger partial charge in [0.15, 0.2) is 5.96 Å². The minimum atomic E-state index is -0.0336. The monoisotopic (exact) mass is 456 g/mol. The molecule has 138 valence electrons. The summed E-state index contributed by atoms with van der Waals surface area (Å²) in [7, 11) is 1.76. The number of nitrogens with one attached hydrogen (secondary N) is 2. The summed E-state index contributed by atoms with van der Waals surface area (Å²) in [5, 5.41) is 6.56. The topological polar surface area (TPSA) is 62.5 Å². The second-order valence-electron chi connectivity index (χ2n) is 7.08. The van der Waals surface area contributed by atoms with Crippen molar-refractivity contribution < 1.29 is 4.42 Å². The van der Waals surface area contributed by atoms with Crippen molar-refractivity contribution in [3.8, 4) is 0 Å². The van der Waals surface area contributed by atoms with E-state index in [2.05, 4.69) is 73.4 Å². The first-order chi connectivity index (χ1) is 11.3. The summed E-state index contributed by atoms with van der Waals surface area (Å²) in [6, 6.07) is 6.46. The molecule has 6 heteroatoms. The van der Waals surface area contributed by atoms with Gasteiger partial charge in [-0.25, -0.2) is 4.98 Å². The molecule has 25 heavy (non-hydrogen) atoms. The van der Waals surface area contributed by atoms with Crippen LogP contribution in [0.15, 0.2) is 33.8 Å². The number of guanidine groups is 1. The summed E-state index contributed by atoms with van der Waals surface area (Å²) in [5.41, 5.74) is 3.78. The molecule has 0 saturated carbocycles. The van der Waals surface area contributed by atoms with E-state index < -0.39 is 0 Å². The average molecular weight is 456 g/mol. The molecule has 0 atom stereocenters. The molecule has 5 nitrogen and oxygen atoms in total. The fourth-order valence-electron chi connectivity index (χ4n) is 2.34. The third-order valence-corrected chi connectivity index (χ3v) is 3.87. The van der Waals surface area contributed by atoms with Crippen LogP contribution in [-0.2, 0) is 18.5 Å². The normalized spacial score (nSPS) is 11.8. The van der Waals surface area contributed by atoms with Crippen LogP contribution in [0.2, 0.25) is 0 Å². The van der Waals surface area contributed by atoms with Gasteiger partial charge >= 0.3 is 0 Å². The van der Waals surface area contributed by atoms with E-state index in [1.807, 2.05) is 0 Å². The summed E-state index contributed by atoms with van der Waals surface area (Å²) in [6.07, 6.45) is 1.79. The lowest BCUT2D eigenvalue weighted by atomic mass is 9.94. The molecule has 0 aliphatic rings. The van der Waals surface area contributed by atoms with Crippen molar-refractivity contribution in [2.45, 2.75) is 53.1 Å². The number of aromatic nitrogens is 1. The zero-order valence-corrected chi connectivity index (χ0v) is 18.3. The smallest absolute Gasteiger partial charge is 0.213 e. The number of nitrogens with zero attached hydrogens (tertiary/aromatic N) is 2. The molecule has 0 spiro atoms. The molecule has 0 radical (unpaired) electrons. The Labute approximate surface area is 167 Å². The molecule has 1 heterocycles. The number of benzene rings is 1. The molecular formula is C19H29IN4O. The van der Waals surface area contributed by atoms with Gasteiger partial charge in [-0.05, 0) is 25.0 Å². The zero-order chi connectivity index (χ0) is 17.7. The highest BCUT2D eigenvalue weighted by Gasteiger charge is 2.19. The standard InChI is InChI=1S/C19H28N4O.HI/c1-13-7-8-15(14(2)9-13)10-22-18(20-6)23-12-17-21-11-16(24-17)19(3,4)5;/h7-9,11H,10,12H2,1-6H3,(H2,20,22,23);1H. The fourth-order valence-corrected chi connectivity index (χ4v) is 2.34. The largest absolute Gasteiger partial charge is 0.443 e. The van der Waals surface area contributed by atoms with E-state index >= 15 is 0 Å². The minimum Gasteiger partial charge on any atom is -0.443 e. The molecule has 2 rings (SSSR count). The number of oxazole rings is 1. The molecule has 0 unspecified atom stereocenters. The van der Waals surface area contributed by atoms with Crippen molar-refractivity contribution in [2.24, 2.45) is 4.99 Å². The number of halogens is 1. The molecule has 1 aromatic heterocycles. The van der Waals surface area contributed by atoms with Crippen molar-refractivity contribution >= 4 is 29.9 Å². The van der Waals surface area contributed by atoms with Crippen molar-refractivity contribution in [3.05, 3.63) is 52.7 Å². The van der Waals surface area contributed by atoms with Gasteiger partial charge < -0.3 is 15.1 Å². The van der Waals surface area contributed by atoms with Crippen molar-refractivity contribution in [2.75, 3.05) is 7.05 Å². The minimum absolute atomic E-state index is 0. The Balaban J connectivity index is 0.00000312. The first kappa shape index (κ1) is 21.5. The molecule has 0 saturated heterocycles. The van der Waals surface area contributed by atoms with Crippen LogP contribution in [0.3, 0.4) is 0 Å². The highest BCUT2D eigenvalue weighted by atomic mass is 127. The maximum Gasteiger partial charge on any atom is 0.213 e.